The third-order valence-corrected chi connectivity index (χ3v) is 2.74. The molecule has 0 bridgehead atoms. The number of rotatable bonds is 5. The molecule has 1 aliphatic rings. The van der Waals surface area contributed by atoms with Gasteiger partial charge in [-0.15, -0.1) is 0 Å². The molecule has 1 atom stereocenters. The Labute approximate surface area is 95.8 Å². The molecule has 92 valence electrons. The van der Waals surface area contributed by atoms with Crippen molar-refractivity contribution in [2.24, 2.45) is 5.41 Å². The van der Waals surface area contributed by atoms with Crippen LogP contribution in [0.1, 0.15) is 27.2 Å². The van der Waals surface area contributed by atoms with Crippen LogP contribution in [0.2, 0.25) is 0 Å². The van der Waals surface area contributed by atoms with E-state index in [0.717, 1.165) is 6.54 Å². The highest BCUT2D eigenvalue weighted by Gasteiger charge is 2.44. The van der Waals surface area contributed by atoms with Gasteiger partial charge in [-0.05, 0) is 6.54 Å². The predicted octanol–water partition coefficient (Wildman–Crippen LogP) is -0.258. The lowest BCUT2D eigenvalue weighted by Crippen LogP contribution is -2.42. The molecule has 5 heteroatoms. The van der Waals surface area contributed by atoms with Crippen molar-refractivity contribution >= 4 is 11.8 Å². The Kier molecular flexibility index (Phi) is 4.04. The first-order valence-corrected chi connectivity index (χ1v) is 5.62. The van der Waals surface area contributed by atoms with Crippen LogP contribution in [0.3, 0.4) is 0 Å². The first-order valence-electron chi connectivity index (χ1n) is 5.62. The molecule has 0 saturated carbocycles. The minimum atomic E-state index is -0.693. The fourth-order valence-corrected chi connectivity index (χ4v) is 1.80. The Balaban J connectivity index is 2.54. The van der Waals surface area contributed by atoms with E-state index in [1.165, 1.54) is 4.90 Å². The molecule has 5 nitrogen and oxygen atoms in total. The Morgan fingerprint density at radius 3 is 2.56 bits per heavy atom. The van der Waals surface area contributed by atoms with Crippen molar-refractivity contribution in [1.82, 2.24) is 10.2 Å². The normalized spacial score (nSPS) is 21.6. The Hall–Kier alpha value is -0.940. The molecule has 0 aromatic heterocycles. The number of likely N-dealkylation sites (tertiary alicyclic amines) is 1. The molecular formula is C11H20N2O3. The van der Waals surface area contributed by atoms with Gasteiger partial charge < -0.3 is 10.4 Å². The van der Waals surface area contributed by atoms with Crippen molar-refractivity contribution < 1.29 is 14.7 Å². The van der Waals surface area contributed by atoms with Crippen LogP contribution in [-0.4, -0.2) is 47.6 Å². The Bertz CT molecular complexity index is 289. The van der Waals surface area contributed by atoms with Gasteiger partial charge >= 0.3 is 0 Å². The van der Waals surface area contributed by atoms with Gasteiger partial charge in [-0.2, -0.15) is 0 Å². The third kappa shape index (κ3) is 2.80. The van der Waals surface area contributed by atoms with Gasteiger partial charge in [0.15, 0.2) is 0 Å². The van der Waals surface area contributed by atoms with E-state index in [4.69, 9.17) is 0 Å². The van der Waals surface area contributed by atoms with E-state index in [-0.39, 0.29) is 24.8 Å². The number of amides is 2. The lowest BCUT2D eigenvalue weighted by molar-refractivity contribution is -0.142. The van der Waals surface area contributed by atoms with Crippen LogP contribution in [-0.2, 0) is 9.59 Å². The van der Waals surface area contributed by atoms with Gasteiger partial charge in [0.25, 0.3) is 0 Å². The lowest BCUT2D eigenvalue weighted by atomic mass is 9.92. The molecular weight excluding hydrogens is 208 g/mol. The zero-order valence-corrected chi connectivity index (χ0v) is 10.1. The maximum Gasteiger partial charge on any atom is 0.235 e. The summed E-state index contributed by atoms with van der Waals surface area (Å²) in [6.45, 7) is 6.68. The van der Waals surface area contributed by atoms with Crippen molar-refractivity contribution in [1.29, 1.82) is 0 Å². The second-order valence-electron chi connectivity index (χ2n) is 4.83. The summed E-state index contributed by atoms with van der Waals surface area (Å²) in [7, 11) is 0. The monoisotopic (exact) mass is 228 g/mol. The van der Waals surface area contributed by atoms with Crippen LogP contribution in [0.5, 0.6) is 0 Å². The van der Waals surface area contributed by atoms with E-state index >= 15 is 0 Å². The highest BCUT2D eigenvalue weighted by molar-refractivity contribution is 6.05. The van der Waals surface area contributed by atoms with Gasteiger partial charge in [0, 0.05) is 13.0 Å². The van der Waals surface area contributed by atoms with Gasteiger partial charge in [-0.1, -0.05) is 20.8 Å². The lowest BCUT2D eigenvalue weighted by Gasteiger charge is -2.20. The molecule has 0 aromatic rings. The summed E-state index contributed by atoms with van der Waals surface area (Å²) in [5.41, 5.74) is -0.616. The number of carbonyl (C=O) groups excluding carboxylic acids is 2. The molecule has 16 heavy (non-hydrogen) atoms. The minimum absolute atomic E-state index is 0.0914. The molecule has 1 aliphatic heterocycles. The number of hydrogen-bond acceptors (Lipinski definition) is 4. The zero-order chi connectivity index (χ0) is 12.3. The van der Waals surface area contributed by atoms with Gasteiger partial charge in [0.2, 0.25) is 11.8 Å². The number of hydrogen-bond donors (Lipinski definition) is 2. The standard InChI is InChI=1S/C11H20N2O3/c1-4-12-6-8(14)7-13-9(15)5-11(2,3)10(13)16/h8,12,14H,4-7H2,1-3H3. The van der Waals surface area contributed by atoms with Crippen LogP contribution in [0.4, 0.5) is 0 Å². The van der Waals surface area contributed by atoms with Crippen molar-refractivity contribution in [3.8, 4) is 0 Å². The number of nitrogens with one attached hydrogen (secondary N) is 1. The molecule has 1 fully saturated rings. The summed E-state index contributed by atoms with van der Waals surface area (Å²) in [5.74, 6) is -0.376. The van der Waals surface area contributed by atoms with Gasteiger partial charge in [-0.25, -0.2) is 0 Å². The molecule has 2 amide bonds. The second-order valence-corrected chi connectivity index (χ2v) is 4.83. The summed E-state index contributed by atoms with van der Waals surface area (Å²) in [6.07, 6.45) is -0.457. The molecule has 1 heterocycles. The molecule has 2 N–H and O–H groups in total. The summed E-state index contributed by atoms with van der Waals surface area (Å²) in [6, 6.07) is 0. The number of likely N-dealkylation sites (N-methyl/N-ethyl adjacent to an activating group) is 1. The molecule has 0 aromatic carbocycles. The van der Waals surface area contributed by atoms with E-state index in [9.17, 15) is 14.7 Å². The zero-order valence-electron chi connectivity index (χ0n) is 10.1. The predicted molar refractivity (Wildman–Crippen MR) is 59.7 cm³/mol. The quantitative estimate of drug-likeness (QED) is 0.636. The molecule has 1 saturated heterocycles. The number of β-amino-alcohol motifs (C(OH)–C–C–N with tert-alkyl or cyclic N) is 1. The third-order valence-electron chi connectivity index (χ3n) is 2.74. The van der Waals surface area contributed by atoms with E-state index in [0.29, 0.717) is 6.54 Å². The average Bonchev–Trinajstić information content (AvgIpc) is 2.38. The maximum absolute atomic E-state index is 11.8. The number of carbonyl (C=O) groups is 2. The summed E-state index contributed by atoms with van der Waals surface area (Å²) < 4.78 is 0. The van der Waals surface area contributed by atoms with Gasteiger partial charge in [0.1, 0.15) is 0 Å². The van der Waals surface area contributed by atoms with E-state index in [1.807, 2.05) is 6.92 Å². The first-order chi connectivity index (χ1) is 7.38. The maximum atomic E-state index is 11.8. The van der Waals surface area contributed by atoms with Crippen molar-refractivity contribution in [3.05, 3.63) is 0 Å². The van der Waals surface area contributed by atoms with Crippen LogP contribution < -0.4 is 5.32 Å². The average molecular weight is 228 g/mol. The number of nitrogens with zero attached hydrogens (tertiary/aromatic N) is 1. The highest BCUT2D eigenvalue weighted by atomic mass is 16.3. The van der Waals surface area contributed by atoms with Gasteiger partial charge in [-0.3, -0.25) is 14.5 Å². The van der Waals surface area contributed by atoms with E-state index < -0.39 is 11.5 Å². The summed E-state index contributed by atoms with van der Waals surface area (Å²) in [4.78, 5) is 24.6. The number of aliphatic hydroxyl groups excluding tert-OH is 1. The molecule has 0 spiro atoms. The topological polar surface area (TPSA) is 69.6 Å². The minimum Gasteiger partial charge on any atom is -0.390 e. The molecule has 1 unspecified atom stereocenters. The van der Waals surface area contributed by atoms with Gasteiger partial charge in [0.05, 0.1) is 18.1 Å². The molecule has 0 aliphatic carbocycles. The SMILES string of the molecule is CCNCC(O)CN1C(=O)CC(C)(C)C1=O. The summed E-state index contributed by atoms with van der Waals surface area (Å²) >= 11 is 0. The fourth-order valence-electron chi connectivity index (χ4n) is 1.80. The fraction of sp³-hybridized carbons (Fsp3) is 0.818. The Morgan fingerprint density at radius 2 is 2.12 bits per heavy atom. The largest absolute Gasteiger partial charge is 0.390 e. The second kappa shape index (κ2) is 4.93. The first kappa shape index (κ1) is 13.1. The molecule has 1 rings (SSSR count). The molecule has 0 radical (unpaired) electrons. The van der Waals surface area contributed by atoms with Crippen molar-refractivity contribution in [2.75, 3.05) is 19.6 Å². The number of aliphatic hydroxyl groups is 1. The number of imide groups is 1. The Morgan fingerprint density at radius 1 is 1.50 bits per heavy atom. The van der Waals surface area contributed by atoms with Crippen LogP contribution in [0.15, 0.2) is 0 Å². The van der Waals surface area contributed by atoms with Crippen LogP contribution in [0, 0.1) is 5.41 Å². The van der Waals surface area contributed by atoms with Crippen LogP contribution >= 0.6 is 0 Å². The van der Waals surface area contributed by atoms with E-state index in [1.54, 1.807) is 13.8 Å². The smallest absolute Gasteiger partial charge is 0.235 e. The van der Waals surface area contributed by atoms with E-state index in [2.05, 4.69) is 5.32 Å². The van der Waals surface area contributed by atoms with Crippen molar-refractivity contribution in [2.45, 2.75) is 33.3 Å². The van der Waals surface area contributed by atoms with Crippen molar-refractivity contribution in [3.63, 3.8) is 0 Å². The summed E-state index contributed by atoms with van der Waals surface area (Å²) in [5, 5.41) is 12.6. The van der Waals surface area contributed by atoms with Crippen LogP contribution in [0.25, 0.3) is 0 Å². The highest BCUT2D eigenvalue weighted by Crippen LogP contribution is 2.31.